The lowest BCUT2D eigenvalue weighted by molar-refractivity contribution is -0.122. The summed E-state index contributed by atoms with van der Waals surface area (Å²) in [6.07, 6.45) is 0.796. The zero-order valence-corrected chi connectivity index (χ0v) is 14.5. The molecular formula is C15H22FN3O4S. The molecule has 24 heavy (non-hydrogen) atoms. The highest BCUT2D eigenvalue weighted by molar-refractivity contribution is 7.89. The summed E-state index contributed by atoms with van der Waals surface area (Å²) in [6, 6.07) is 3.42. The van der Waals surface area contributed by atoms with E-state index in [1.807, 2.05) is 0 Å². The minimum Gasteiger partial charge on any atom is -0.356 e. The predicted octanol–water partition coefficient (Wildman–Crippen LogP) is 0.525. The first-order chi connectivity index (χ1) is 11.3. The van der Waals surface area contributed by atoms with Crippen LogP contribution >= 0.6 is 0 Å². The zero-order valence-electron chi connectivity index (χ0n) is 13.6. The summed E-state index contributed by atoms with van der Waals surface area (Å²) in [5.74, 6) is -1.15. The van der Waals surface area contributed by atoms with E-state index < -0.39 is 27.8 Å². The predicted molar refractivity (Wildman–Crippen MR) is 87.1 cm³/mol. The van der Waals surface area contributed by atoms with Gasteiger partial charge in [0.2, 0.25) is 21.8 Å². The van der Waals surface area contributed by atoms with Crippen molar-refractivity contribution in [3.8, 4) is 0 Å². The molecule has 0 saturated heterocycles. The van der Waals surface area contributed by atoms with E-state index >= 15 is 0 Å². The van der Waals surface area contributed by atoms with E-state index in [1.165, 1.54) is 6.92 Å². The van der Waals surface area contributed by atoms with Crippen LogP contribution < -0.4 is 15.4 Å². The Balaban J connectivity index is 2.57. The molecule has 7 nitrogen and oxygen atoms in total. The van der Waals surface area contributed by atoms with Gasteiger partial charge < -0.3 is 10.6 Å². The van der Waals surface area contributed by atoms with Gasteiger partial charge in [-0.1, -0.05) is 6.92 Å². The number of rotatable bonds is 9. The molecule has 3 N–H and O–H groups in total. The molecule has 1 aromatic rings. The molecule has 1 aromatic carbocycles. The Hall–Kier alpha value is -2.00. The fourth-order valence-electron chi connectivity index (χ4n) is 1.88. The molecule has 1 unspecified atom stereocenters. The monoisotopic (exact) mass is 359 g/mol. The SMILES string of the molecule is CCC(NS(=O)(=O)c1ccc(F)cc1)C(=O)NCCCNC(C)=O. The van der Waals surface area contributed by atoms with Gasteiger partial charge in [-0.2, -0.15) is 4.72 Å². The van der Waals surface area contributed by atoms with Crippen LogP contribution in [0.5, 0.6) is 0 Å². The maximum atomic E-state index is 12.9. The van der Waals surface area contributed by atoms with Crippen LogP contribution in [0.4, 0.5) is 4.39 Å². The highest BCUT2D eigenvalue weighted by Crippen LogP contribution is 2.11. The quantitative estimate of drug-likeness (QED) is 0.559. The number of hydrogen-bond acceptors (Lipinski definition) is 4. The molecule has 0 spiro atoms. The van der Waals surface area contributed by atoms with Crippen molar-refractivity contribution in [2.75, 3.05) is 13.1 Å². The third kappa shape index (κ3) is 6.63. The maximum Gasteiger partial charge on any atom is 0.241 e. The van der Waals surface area contributed by atoms with E-state index in [-0.39, 0.29) is 17.2 Å². The first kappa shape index (κ1) is 20.0. The number of carbonyl (C=O) groups is 2. The maximum absolute atomic E-state index is 12.9. The van der Waals surface area contributed by atoms with Gasteiger partial charge in [0.15, 0.2) is 0 Å². The number of carbonyl (C=O) groups excluding carboxylic acids is 2. The molecule has 0 fully saturated rings. The van der Waals surface area contributed by atoms with Gasteiger partial charge >= 0.3 is 0 Å². The Labute approximate surface area is 141 Å². The summed E-state index contributed by atoms with van der Waals surface area (Å²) in [5.41, 5.74) is 0. The second-order valence-corrected chi connectivity index (χ2v) is 6.88. The van der Waals surface area contributed by atoms with Crippen molar-refractivity contribution in [1.29, 1.82) is 0 Å². The van der Waals surface area contributed by atoms with Crippen molar-refractivity contribution >= 4 is 21.8 Å². The molecule has 9 heteroatoms. The van der Waals surface area contributed by atoms with Gasteiger partial charge in [-0.3, -0.25) is 9.59 Å². The minimum absolute atomic E-state index is 0.110. The molecule has 0 bridgehead atoms. The molecule has 0 heterocycles. The molecular weight excluding hydrogens is 337 g/mol. The smallest absolute Gasteiger partial charge is 0.241 e. The molecule has 0 aliphatic rings. The third-order valence-corrected chi connectivity index (χ3v) is 4.66. The van der Waals surface area contributed by atoms with Crippen LogP contribution in [0.1, 0.15) is 26.7 Å². The van der Waals surface area contributed by atoms with Crippen molar-refractivity contribution in [3.05, 3.63) is 30.1 Å². The lowest BCUT2D eigenvalue weighted by Crippen LogP contribution is -2.46. The molecule has 0 radical (unpaired) electrons. The first-order valence-electron chi connectivity index (χ1n) is 7.56. The topological polar surface area (TPSA) is 104 Å². The highest BCUT2D eigenvalue weighted by Gasteiger charge is 2.24. The summed E-state index contributed by atoms with van der Waals surface area (Å²) in [5, 5.41) is 5.21. The standard InChI is InChI=1S/C15H22FN3O4S/c1-3-14(15(21)18-10-4-9-17-11(2)20)19-24(22,23)13-7-5-12(16)6-8-13/h5-8,14,19H,3-4,9-10H2,1-2H3,(H,17,20)(H,18,21). The van der Waals surface area contributed by atoms with Crippen LogP contribution in [0.15, 0.2) is 29.2 Å². The molecule has 0 aliphatic heterocycles. The van der Waals surface area contributed by atoms with Crippen molar-refractivity contribution < 1.29 is 22.4 Å². The van der Waals surface area contributed by atoms with Gasteiger partial charge in [-0.05, 0) is 37.1 Å². The lowest BCUT2D eigenvalue weighted by Gasteiger charge is -2.17. The van der Waals surface area contributed by atoms with E-state index in [1.54, 1.807) is 6.92 Å². The summed E-state index contributed by atoms with van der Waals surface area (Å²) in [4.78, 5) is 22.6. The fourth-order valence-corrected chi connectivity index (χ4v) is 3.16. The van der Waals surface area contributed by atoms with Gasteiger partial charge in [-0.25, -0.2) is 12.8 Å². The Morgan fingerprint density at radius 1 is 1.12 bits per heavy atom. The second-order valence-electron chi connectivity index (χ2n) is 5.16. The van der Waals surface area contributed by atoms with Crippen LogP contribution in [0.3, 0.4) is 0 Å². The summed E-state index contributed by atoms with van der Waals surface area (Å²) in [6.45, 7) is 3.81. The highest BCUT2D eigenvalue weighted by atomic mass is 32.2. The average molecular weight is 359 g/mol. The summed E-state index contributed by atoms with van der Waals surface area (Å²) in [7, 11) is -3.91. The molecule has 1 rings (SSSR count). The normalized spacial score (nSPS) is 12.5. The molecule has 1 atom stereocenters. The van der Waals surface area contributed by atoms with E-state index in [0.29, 0.717) is 19.5 Å². The van der Waals surface area contributed by atoms with E-state index in [4.69, 9.17) is 0 Å². The largest absolute Gasteiger partial charge is 0.356 e. The Morgan fingerprint density at radius 2 is 1.71 bits per heavy atom. The number of hydrogen-bond donors (Lipinski definition) is 3. The van der Waals surface area contributed by atoms with Gasteiger partial charge in [0.05, 0.1) is 4.90 Å². The molecule has 0 aromatic heterocycles. The van der Waals surface area contributed by atoms with E-state index in [0.717, 1.165) is 24.3 Å². The van der Waals surface area contributed by atoms with E-state index in [9.17, 15) is 22.4 Å². The molecule has 134 valence electrons. The Morgan fingerprint density at radius 3 is 2.25 bits per heavy atom. The summed E-state index contributed by atoms with van der Waals surface area (Å²) >= 11 is 0. The molecule has 0 saturated carbocycles. The number of sulfonamides is 1. The number of benzene rings is 1. The molecule has 2 amide bonds. The van der Waals surface area contributed by atoms with Crippen LogP contribution in [-0.4, -0.2) is 39.4 Å². The van der Waals surface area contributed by atoms with Crippen LogP contribution in [0.2, 0.25) is 0 Å². The third-order valence-electron chi connectivity index (χ3n) is 3.17. The van der Waals surface area contributed by atoms with E-state index in [2.05, 4.69) is 15.4 Å². The Bertz CT molecular complexity index is 662. The summed E-state index contributed by atoms with van der Waals surface area (Å²) < 4.78 is 39.6. The van der Waals surface area contributed by atoms with Crippen LogP contribution in [-0.2, 0) is 19.6 Å². The fraction of sp³-hybridized carbons (Fsp3) is 0.467. The van der Waals surface area contributed by atoms with Crippen LogP contribution in [0, 0.1) is 5.82 Å². The van der Waals surface area contributed by atoms with Crippen molar-refractivity contribution in [2.24, 2.45) is 0 Å². The van der Waals surface area contributed by atoms with Crippen LogP contribution in [0.25, 0.3) is 0 Å². The number of halogens is 1. The van der Waals surface area contributed by atoms with Crippen molar-refractivity contribution in [3.63, 3.8) is 0 Å². The van der Waals surface area contributed by atoms with Gasteiger partial charge in [-0.15, -0.1) is 0 Å². The van der Waals surface area contributed by atoms with Crippen molar-refractivity contribution in [2.45, 2.75) is 37.6 Å². The molecule has 0 aliphatic carbocycles. The average Bonchev–Trinajstić information content (AvgIpc) is 2.52. The first-order valence-corrected chi connectivity index (χ1v) is 9.04. The van der Waals surface area contributed by atoms with Gasteiger partial charge in [0.1, 0.15) is 11.9 Å². The number of nitrogens with one attached hydrogen (secondary N) is 3. The van der Waals surface area contributed by atoms with Crippen molar-refractivity contribution in [1.82, 2.24) is 15.4 Å². The Kier molecular flexibility index (Phi) is 7.80. The van der Waals surface area contributed by atoms with Gasteiger partial charge in [0, 0.05) is 20.0 Å². The zero-order chi connectivity index (χ0) is 18.2. The minimum atomic E-state index is -3.91. The van der Waals surface area contributed by atoms with Gasteiger partial charge in [0.25, 0.3) is 0 Å². The second kappa shape index (κ2) is 9.33. The number of amides is 2. The lowest BCUT2D eigenvalue weighted by atomic mass is 10.2.